The summed E-state index contributed by atoms with van der Waals surface area (Å²) in [6.07, 6.45) is 1.17. The van der Waals surface area contributed by atoms with Gasteiger partial charge < -0.3 is 5.32 Å². The van der Waals surface area contributed by atoms with Gasteiger partial charge in [0.1, 0.15) is 0 Å². The van der Waals surface area contributed by atoms with Crippen LogP contribution < -0.4 is 5.32 Å². The third-order valence-electron chi connectivity index (χ3n) is 2.74. The fraction of sp³-hybridized carbons (Fsp3) is 0.333. The van der Waals surface area contributed by atoms with Gasteiger partial charge in [-0.2, -0.15) is 5.21 Å². The molecule has 0 spiro atoms. The normalized spacial score (nSPS) is 12.9. The summed E-state index contributed by atoms with van der Waals surface area (Å²) in [6, 6.07) is 6.02. The van der Waals surface area contributed by atoms with Crippen LogP contribution in [0.1, 0.15) is 34.7 Å². The van der Waals surface area contributed by atoms with Gasteiger partial charge in [0.05, 0.1) is 11.8 Å². The first-order valence-electron chi connectivity index (χ1n) is 6.16. The highest BCUT2D eigenvalue weighted by atomic mass is 32.2. The van der Waals surface area contributed by atoms with Gasteiger partial charge in [-0.3, -0.25) is 4.79 Å². The number of sulfone groups is 1. The molecule has 2 aromatic rings. The lowest BCUT2D eigenvalue weighted by Crippen LogP contribution is -2.27. The van der Waals surface area contributed by atoms with Crippen molar-refractivity contribution in [2.75, 3.05) is 6.26 Å². The number of carbonyl (C=O) groups excluding carboxylic acids is 1. The number of tetrazole rings is 1. The molecule has 2 N–H and O–H groups in total. The second-order valence-electron chi connectivity index (χ2n) is 4.73. The van der Waals surface area contributed by atoms with Gasteiger partial charge in [0.2, 0.25) is 0 Å². The number of carbonyl (C=O) groups is 1. The first kappa shape index (κ1) is 15.1. The Morgan fingerprint density at radius 1 is 1.33 bits per heavy atom. The lowest BCUT2D eigenvalue weighted by atomic mass is 10.1. The molecule has 1 atom stereocenters. The van der Waals surface area contributed by atoms with Crippen molar-refractivity contribution in [2.45, 2.75) is 18.7 Å². The van der Waals surface area contributed by atoms with Crippen LogP contribution in [-0.4, -0.2) is 41.2 Å². The Morgan fingerprint density at radius 3 is 2.52 bits per heavy atom. The van der Waals surface area contributed by atoms with Crippen molar-refractivity contribution in [3.8, 4) is 0 Å². The van der Waals surface area contributed by atoms with Crippen LogP contribution in [0.4, 0.5) is 0 Å². The van der Waals surface area contributed by atoms with E-state index >= 15 is 0 Å². The number of H-pyrrole nitrogens is 1. The first-order chi connectivity index (χ1) is 9.85. The van der Waals surface area contributed by atoms with Crippen molar-refractivity contribution < 1.29 is 13.2 Å². The zero-order valence-corrected chi connectivity index (χ0v) is 12.4. The second kappa shape index (κ2) is 6.00. The summed E-state index contributed by atoms with van der Waals surface area (Å²) in [5.74, 6) is 0.0454. The number of hydrogen-bond donors (Lipinski definition) is 2. The quantitative estimate of drug-likeness (QED) is 0.816. The number of aromatic nitrogens is 4. The van der Waals surface area contributed by atoms with Crippen LogP contribution in [0.3, 0.4) is 0 Å². The molecule has 0 radical (unpaired) electrons. The van der Waals surface area contributed by atoms with Gasteiger partial charge in [0, 0.05) is 11.8 Å². The molecule has 0 saturated heterocycles. The van der Waals surface area contributed by atoms with E-state index in [9.17, 15) is 13.2 Å². The molecular formula is C12H15N5O3S. The Hall–Kier alpha value is -2.29. The Bertz CT molecular complexity index is 710. The topological polar surface area (TPSA) is 118 Å². The van der Waals surface area contributed by atoms with E-state index in [1.54, 1.807) is 31.2 Å². The summed E-state index contributed by atoms with van der Waals surface area (Å²) in [7, 11) is -3.09. The molecule has 1 aromatic heterocycles. The zero-order chi connectivity index (χ0) is 15.5. The van der Waals surface area contributed by atoms with Gasteiger partial charge in [-0.25, -0.2) is 8.42 Å². The molecule has 21 heavy (non-hydrogen) atoms. The highest BCUT2D eigenvalue weighted by molar-refractivity contribution is 7.89. The summed E-state index contributed by atoms with van der Waals surface area (Å²) in [5.41, 5.74) is 1.07. The minimum Gasteiger partial charge on any atom is -0.342 e. The molecule has 0 saturated carbocycles. The van der Waals surface area contributed by atoms with Gasteiger partial charge in [-0.1, -0.05) is 17.3 Å². The summed E-state index contributed by atoms with van der Waals surface area (Å²) in [5, 5.41) is 16.0. The van der Waals surface area contributed by atoms with Crippen molar-refractivity contribution in [1.82, 2.24) is 25.9 Å². The zero-order valence-electron chi connectivity index (χ0n) is 11.6. The fourth-order valence-corrected chi connectivity index (χ4v) is 2.55. The third-order valence-corrected chi connectivity index (χ3v) is 3.60. The lowest BCUT2D eigenvalue weighted by Gasteiger charge is -2.10. The SMILES string of the molecule is CC(NC(=O)c1ccc(CS(C)(=O)=O)cc1)c1nn[nH]n1. The van der Waals surface area contributed by atoms with E-state index in [0.29, 0.717) is 17.0 Å². The summed E-state index contributed by atoms with van der Waals surface area (Å²) < 4.78 is 22.4. The molecule has 1 unspecified atom stereocenters. The second-order valence-corrected chi connectivity index (χ2v) is 6.87. The highest BCUT2D eigenvalue weighted by Gasteiger charge is 2.15. The number of nitrogens with one attached hydrogen (secondary N) is 2. The molecule has 8 nitrogen and oxygen atoms in total. The Kier molecular flexibility index (Phi) is 4.32. The third kappa shape index (κ3) is 4.35. The van der Waals surface area contributed by atoms with E-state index in [1.165, 1.54) is 6.26 Å². The molecule has 0 aliphatic carbocycles. The van der Waals surface area contributed by atoms with Crippen LogP contribution in [0.2, 0.25) is 0 Å². The van der Waals surface area contributed by atoms with Crippen molar-refractivity contribution in [3.63, 3.8) is 0 Å². The Balaban J connectivity index is 2.03. The van der Waals surface area contributed by atoms with Gasteiger partial charge in [-0.05, 0) is 24.6 Å². The van der Waals surface area contributed by atoms with Crippen LogP contribution in [-0.2, 0) is 15.6 Å². The van der Waals surface area contributed by atoms with Crippen molar-refractivity contribution in [1.29, 1.82) is 0 Å². The van der Waals surface area contributed by atoms with E-state index in [1.807, 2.05) is 0 Å². The molecule has 1 aromatic carbocycles. The smallest absolute Gasteiger partial charge is 0.251 e. The summed E-state index contributed by atoms with van der Waals surface area (Å²) in [4.78, 5) is 12.0. The Labute approximate surface area is 121 Å². The molecule has 2 rings (SSSR count). The summed E-state index contributed by atoms with van der Waals surface area (Å²) >= 11 is 0. The van der Waals surface area contributed by atoms with Gasteiger partial charge in [0.15, 0.2) is 15.7 Å². The highest BCUT2D eigenvalue weighted by Crippen LogP contribution is 2.10. The number of amides is 1. The van der Waals surface area contributed by atoms with Crippen LogP contribution in [0, 0.1) is 0 Å². The van der Waals surface area contributed by atoms with Crippen molar-refractivity contribution in [2.24, 2.45) is 0 Å². The molecule has 0 aliphatic heterocycles. The van der Waals surface area contributed by atoms with Crippen LogP contribution >= 0.6 is 0 Å². The van der Waals surface area contributed by atoms with E-state index in [0.717, 1.165) is 0 Å². The van der Waals surface area contributed by atoms with E-state index in [2.05, 4.69) is 25.9 Å². The molecular weight excluding hydrogens is 294 g/mol. The predicted molar refractivity (Wildman–Crippen MR) is 75.0 cm³/mol. The van der Waals surface area contributed by atoms with Gasteiger partial charge in [-0.15, -0.1) is 10.2 Å². The summed E-state index contributed by atoms with van der Waals surface area (Å²) in [6.45, 7) is 1.74. The maximum atomic E-state index is 12.0. The average Bonchev–Trinajstić information content (AvgIpc) is 2.91. The molecule has 0 bridgehead atoms. The van der Waals surface area contributed by atoms with Crippen LogP contribution in [0.5, 0.6) is 0 Å². The predicted octanol–water partition coefficient (Wildman–Crippen LogP) is 0.235. The fourth-order valence-electron chi connectivity index (χ4n) is 1.75. The number of nitrogens with zero attached hydrogens (tertiary/aromatic N) is 3. The maximum Gasteiger partial charge on any atom is 0.251 e. The largest absolute Gasteiger partial charge is 0.342 e. The van der Waals surface area contributed by atoms with E-state index in [-0.39, 0.29) is 17.7 Å². The lowest BCUT2D eigenvalue weighted by molar-refractivity contribution is 0.0938. The van der Waals surface area contributed by atoms with Crippen molar-refractivity contribution in [3.05, 3.63) is 41.2 Å². The number of benzene rings is 1. The standard InChI is InChI=1S/C12H15N5O3S/c1-8(11-14-16-17-15-11)13-12(18)10-5-3-9(4-6-10)7-21(2,19)20/h3-6,8H,7H2,1-2H3,(H,13,18)(H,14,15,16,17). The van der Waals surface area contributed by atoms with Crippen LogP contribution in [0.15, 0.2) is 24.3 Å². The van der Waals surface area contributed by atoms with Gasteiger partial charge in [0.25, 0.3) is 5.91 Å². The monoisotopic (exact) mass is 309 g/mol. The average molecular weight is 309 g/mol. The molecule has 1 amide bonds. The van der Waals surface area contributed by atoms with Crippen molar-refractivity contribution >= 4 is 15.7 Å². The van der Waals surface area contributed by atoms with E-state index < -0.39 is 9.84 Å². The molecule has 1 heterocycles. The maximum absolute atomic E-state index is 12.0. The minimum absolute atomic E-state index is 0.0475. The molecule has 0 fully saturated rings. The number of aromatic amines is 1. The van der Waals surface area contributed by atoms with Crippen LogP contribution in [0.25, 0.3) is 0 Å². The van der Waals surface area contributed by atoms with Gasteiger partial charge >= 0.3 is 0 Å². The minimum atomic E-state index is -3.09. The first-order valence-corrected chi connectivity index (χ1v) is 8.22. The molecule has 9 heteroatoms. The van der Waals surface area contributed by atoms with E-state index in [4.69, 9.17) is 0 Å². The molecule has 112 valence electrons. The molecule has 0 aliphatic rings. The Morgan fingerprint density at radius 2 is 2.00 bits per heavy atom. The number of rotatable bonds is 5. The number of hydrogen-bond acceptors (Lipinski definition) is 6.